The van der Waals surface area contributed by atoms with Crippen molar-refractivity contribution in [3.05, 3.63) is 0 Å². The molecule has 0 saturated carbocycles. The van der Waals surface area contributed by atoms with Gasteiger partial charge in [0.2, 0.25) is 0 Å². The predicted molar refractivity (Wildman–Crippen MR) is 52.0 cm³/mol. The van der Waals surface area contributed by atoms with Gasteiger partial charge in [0.1, 0.15) is 0 Å². The van der Waals surface area contributed by atoms with Crippen molar-refractivity contribution < 1.29 is 14.3 Å². The van der Waals surface area contributed by atoms with Gasteiger partial charge in [-0.15, -0.1) is 0 Å². The summed E-state index contributed by atoms with van der Waals surface area (Å²) in [7, 11) is 1.62. The molecule has 0 aromatic carbocycles. The molecule has 1 rings (SSSR count). The van der Waals surface area contributed by atoms with Crippen molar-refractivity contribution in [1.82, 2.24) is 4.90 Å². The van der Waals surface area contributed by atoms with E-state index in [9.17, 15) is 4.79 Å². The van der Waals surface area contributed by atoms with Gasteiger partial charge in [-0.05, 0) is 13.0 Å². The summed E-state index contributed by atoms with van der Waals surface area (Å²) < 4.78 is 9.94. The van der Waals surface area contributed by atoms with Crippen molar-refractivity contribution >= 4 is 6.09 Å². The number of nitrogens with zero attached hydrogens (tertiary/aromatic N) is 1. The zero-order chi connectivity index (χ0) is 10.4. The Balaban J connectivity index is 2.34. The van der Waals surface area contributed by atoms with Crippen LogP contribution in [0.1, 0.15) is 6.42 Å². The Hall–Kier alpha value is -0.810. The third-order valence-corrected chi connectivity index (χ3v) is 2.32. The minimum Gasteiger partial charge on any atom is -0.449 e. The van der Waals surface area contributed by atoms with E-state index in [0.717, 1.165) is 13.0 Å². The monoisotopic (exact) mass is 202 g/mol. The molecule has 2 N–H and O–H groups in total. The molecular weight excluding hydrogens is 184 g/mol. The van der Waals surface area contributed by atoms with Crippen molar-refractivity contribution in [2.24, 2.45) is 11.7 Å². The molecule has 1 saturated heterocycles. The summed E-state index contributed by atoms with van der Waals surface area (Å²) in [5.41, 5.74) is 5.46. The van der Waals surface area contributed by atoms with Gasteiger partial charge in [0.25, 0.3) is 0 Å². The highest BCUT2D eigenvalue weighted by Gasteiger charge is 2.25. The molecule has 1 heterocycles. The largest absolute Gasteiger partial charge is 0.449 e. The highest BCUT2D eigenvalue weighted by molar-refractivity contribution is 5.68. The SMILES string of the molecule is COCCN1CC(CCN)COC1=O. The van der Waals surface area contributed by atoms with Crippen molar-refractivity contribution in [2.75, 3.05) is 40.0 Å². The average molecular weight is 202 g/mol. The standard InChI is InChI=1S/C9H18N2O3/c1-13-5-4-11-6-8(2-3-10)7-14-9(11)12/h8H,2-7,10H2,1H3. The van der Waals surface area contributed by atoms with Crippen LogP contribution in [0.15, 0.2) is 0 Å². The van der Waals surface area contributed by atoms with Gasteiger partial charge in [-0.3, -0.25) is 0 Å². The molecule has 0 aromatic rings. The number of amides is 1. The molecule has 14 heavy (non-hydrogen) atoms. The number of hydrogen-bond donors (Lipinski definition) is 1. The van der Waals surface area contributed by atoms with E-state index in [0.29, 0.717) is 32.2 Å². The van der Waals surface area contributed by atoms with Crippen molar-refractivity contribution in [1.29, 1.82) is 0 Å². The molecule has 1 atom stereocenters. The summed E-state index contributed by atoms with van der Waals surface area (Å²) in [6.45, 7) is 3.01. The van der Waals surface area contributed by atoms with Crippen molar-refractivity contribution in [3.63, 3.8) is 0 Å². The molecule has 0 aliphatic carbocycles. The molecule has 1 aliphatic heterocycles. The lowest BCUT2D eigenvalue weighted by Crippen LogP contribution is -2.44. The Morgan fingerprint density at radius 3 is 3.14 bits per heavy atom. The zero-order valence-corrected chi connectivity index (χ0v) is 8.57. The molecule has 1 fully saturated rings. The first-order valence-electron chi connectivity index (χ1n) is 4.88. The predicted octanol–water partition coefficient (Wildman–Crippen LogP) is 0.0500. The molecule has 0 bridgehead atoms. The Bertz CT molecular complexity index is 187. The van der Waals surface area contributed by atoms with Crippen molar-refractivity contribution in [3.8, 4) is 0 Å². The Labute approximate surface area is 84.1 Å². The molecule has 0 radical (unpaired) electrons. The number of ether oxygens (including phenoxy) is 2. The number of rotatable bonds is 5. The van der Waals surface area contributed by atoms with Gasteiger partial charge in [0.15, 0.2) is 0 Å². The van der Waals surface area contributed by atoms with Gasteiger partial charge in [0, 0.05) is 26.1 Å². The highest BCUT2D eigenvalue weighted by Crippen LogP contribution is 2.13. The number of hydrogen-bond acceptors (Lipinski definition) is 4. The Morgan fingerprint density at radius 2 is 2.50 bits per heavy atom. The fourth-order valence-electron chi connectivity index (χ4n) is 1.51. The lowest BCUT2D eigenvalue weighted by molar-refractivity contribution is 0.0317. The van der Waals surface area contributed by atoms with Crippen LogP contribution in [0.5, 0.6) is 0 Å². The maximum atomic E-state index is 11.3. The molecule has 1 aliphatic rings. The van der Waals surface area contributed by atoms with E-state index >= 15 is 0 Å². The van der Waals surface area contributed by atoms with E-state index in [-0.39, 0.29) is 6.09 Å². The molecule has 5 nitrogen and oxygen atoms in total. The molecule has 0 spiro atoms. The van der Waals surface area contributed by atoms with Gasteiger partial charge >= 0.3 is 6.09 Å². The molecular formula is C9H18N2O3. The van der Waals surface area contributed by atoms with Gasteiger partial charge in [-0.1, -0.05) is 0 Å². The van der Waals surface area contributed by atoms with Crippen LogP contribution in [0.3, 0.4) is 0 Å². The van der Waals surface area contributed by atoms with Crippen LogP contribution in [0.2, 0.25) is 0 Å². The van der Waals surface area contributed by atoms with E-state index in [1.54, 1.807) is 12.0 Å². The molecule has 5 heteroatoms. The van der Waals surface area contributed by atoms with E-state index in [4.69, 9.17) is 15.2 Å². The van der Waals surface area contributed by atoms with Gasteiger partial charge < -0.3 is 20.1 Å². The maximum absolute atomic E-state index is 11.3. The number of cyclic esters (lactones) is 1. The number of methoxy groups -OCH3 is 1. The van der Waals surface area contributed by atoms with Crippen LogP contribution in [0, 0.1) is 5.92 Å². The van der Waals surface area contributed by atoms with Crippen LogP contribution >= 0.6 is 0 Å². The minimum absolute atomic E-state index is 0.240. The maximum Gasteiger partial charge on any atom is 0.409 e. The summed E-state index contributed by atoms with van der Waals surface area (Å²) in [6, 6.07) is 0. The fraction of sp³-hybridized carbons (Fsp3) is 0.889. The number of carbonyl (C=O) groups is 1. The first kappa shape index (κ1) is 11.3. The van der Waals surface area contributed by atoms with E-state index in [1.807, 2.05) is 0 Å². The summed E-state index contributed by atoms with van der Waals surface area (Å²) >= 11 is 0. The quantitative estimate of drug-likeness (QED) is 0.684. The van der Waals surface area contributed by atoms with Crippen molar-refractivity contribution in [2.45, 2.75) is 6.42 Å². The summed E-state index contributed by atoms with van der Waals surface area (Å²) in [5, 5.41) is 0. The van der Waals surface area contributed by atoms with Crippen LogP contribution in [0.4, 0.5) is 4.79 Å². The second kappa shape index (κ2) is 5.82. The summed E-state index contributed by atoms with van der Waals surface area (Å²) in [4.78, 5) is 12.9. The second-order valence-corrected chi connectivity index (χ2v) is 3.46. The van der Waals surface area contributed by atoms with Gasteiger partial charge in [-0.25, -0.2) is 4.79 Å². The Kier molecular flexibility index (Phi) is 4.69. The summed E-state index contributed by atoms with van der Waals surface area (Å²) in [6.07, 6.45) is 0.659. The third-order valence-electron chi connectivity index (χ3n) is 2.32. The van der Waals surface area contributed by atoms with Crippen LogP contribution in [-0.2, 0) is 9.47 Å². The van der Waals surface area contributed by atoms with Gasteiger partial charge in [0.05, 0.1) is 13.2 Å². The average Bonchev–Trinajstić information content (AvgIpc) is 2.19. The Morgan fingerprint density at radius 1 is 1.71 bits per heavy atom. The second-order valence-electron chi connectivity index (χ2n) is 3.46. The van der Waals surface area contributed by atoms with E-state index < -0.39 is 0 Å². The van der Waals surface area contributed by atoms with E-state index in [1.165, 1.54) is 0 Å². The lowest BCUT2D eigenvalue weighted by atomic mass is 10.1. The van der Waals surface area contributed by atoms with Crippen LogP contribution in [-0.4, -0.2) is 51.0 Å². The topological polar surface area (TPSA) is 64.8 Å². The molecule has 82 valence electrons. The summed E-state index contributed by atoms with van der Waals surface area (Å²) in [5.74, 6) is 0.370. The number of carbonyl (C=O) groups excluding carboxylic acids is 1. The van der Waals surface area contributed by atoms with Crippen LogP contribution in [0.25, 0.3) is 0 Å². The normalized spacial score (nSPS) is 22.3. The lowest BCUT2D eigenvalue weighted by Gasteiger charge is -2.31. The molecule has 1 unspecified atom stereocenters. The first-order valence-corrected chi connectivity index (χ1v) is 4.88. The van der Waals surface area contributed by atoms with Gasteiger partial charge in [-0.2, -0.15) is 0 Å². The third kappa shape index (κ3) is 3.16. The molecule has 1 amide bonds. The number of nitrogens with two attached hydrogens (primary N) is 1. The smallest absolute Gasteiger partial charge is 0.409 e. The minimum atomic E-state index is -0.240. The zero-order valence-electron chi connectivity index (χ0n) is 8.57. The van der Waals surface area contributed by atoms with E-state index in [2.05, 4.69) is 0 Å². The highest BCUT2D eigenvalue weighted by atomic mass is 16.6. The fourth-order valence-corrected chi connectivity index (χ4v) is 1.51. The molecule has 0 aromatic heterocycles. The van der Waals surface area contributed by atoms with Crippen LogP contribution < -0.4 is 5.73 Å². The first-order chi connectivity index (χ1) is 6.77.